The van der Waals surface area contributed by atoms with Crippen LogP contribution in [0.4, 0.5) is 0 Å². The van der Waals surface area contributed by atoms with Crippen molar-refractivity contribution in [3.8, 4) is 0 Å². The van der Waals surface area contributed by atoms with Crippen LogP contribution in [0.2, 0.25) is 0 Å². The van der Waals surface area contributed by atoms with Crippen LogP contribution < -0.4 is 0 Å². The fourth-order valence-corrected chi connectivity index (χ4v) is 13.5. The lowest BCUT2D eigenvalue weighted by molar-refractivity contribution is -0.161. The molecular formula is C78H152O17P2. The molecule has 0 aliphatic rings. The second kappa shape index (κ2) is 68.5. The topological polar surface area (TPSA) is 237 Å². The maximum absolute atomic E-state index is 13.1. The Balaban J connectivity index is 5.18. The minimum Gasteiger partial charge on any atom is -0.462 e. The number of phosphoric acid groups is 2. The van der Waals surface area contributed by atoms with Gasteiger partial charge >= 0.3 is 39.5 Å². The van der Waals surface area contributed by atoms with Crippen LogP contribution in [0, 0.1) is 17.8 Å². The molecule has 0 bridgehead atoms. The van der Waals surface area contributed by atoms with E-state index in [-0.39, 0.29) is 25.7 Å². The minimum atomic E-state index is -4.96. The van der Waals surface area contributed by atoms with Gasteiger partial charge in [-0.25, -0.2) is 9.13 Å². The van der Waals surface area contributed by atoms with E-state index in [4.69, 9.17) is 37.0 Å². The molecule has 0 fully saturated rings. The van der Waals surface area contributed by atoms with Crippen molar-refractivity contribution < 1.29 is 80.2 Å². The van der Waals surface area contributed by atoms with Gasteiger partial charge in [0, 0.05) is 25.7 Å². The quantitative estimate of drug-likeness (QED) is 0.0222. The summed E-state index contributed by atoms with van der Waals surface area (Å²) in [6.07, 6.45) is 55.5. The van der Waals surface area contributed by atoms with Crippen LogP contribution in [0.3, 0.4) is 0 Å². The maximum Gasteiger partial charge on any atom is 0.472 e. The highest BCUT2D eigenvalue weighted by molar-refractivity contribution is 7.47. The zero-order valence-electron chi connectivity index (χ0n) is 63.5. The van der Waals surface area contributed by atoms with Gasteiger partial charge in [-0.15, -0.1) is 0 Å². The molecule has 0 aromatic carbocycles. The molecule has 0 aliphatic heterocycles. The van der Waals surface area contributed by atoms with E-state index in [1.54, 1.807) is 0 Å². The average molecular weight is 1420 g/mol. The Kier molecular flexibility index (Phi) is 67.1. The zero-order chi connectivity index (χ0) is 71.6. The van der Waals surface area contributed by atoms with Crippen molar-refractivity contribution in [2.75, 3.05) is 39.6 Å². The highest BCUT2D eigenvalue weighted by Crippen LogP contribution is 2.45. The lowest BCUT2D eigenvalue weighted by Gasteiger charge is -2.21. The van der Waals surface area contributed by atoms with Crippen LogP contribution >= 0.6 is 15.6 Å². The molecule has 0 aromatic rings. The Bertz CT molecular complexity index is 1890. The van der Waals surface area contributed by atoms with E-state index in [0.29, 0.717) is 25.7 Å². The van der Waals surface area contributed by atoms with E-state index in [9.17, 15) is 43.2 Å². The standard InChI is InChI=1S/C78H152O17P2/c1-8-11-12-13-14-38-45-52-59-75(80)88-65-73(94-78(83)62-55-48-41-34-27-25-29-35-42-49-56-69(4)5)67-92-96(84,85)90-63-72(79)64-91-97(86,87)93-68-74(66-89-76(81)60-53-46-39-32-28-26-31-37-44-51-58-71(7)10-3)95-77(82)61-54-47-40-33-24-22-20-18-16-15-17-19-21-23-30-36-43-50-57-70(6)9-2/h69-74,79H,8-68H2,1-7H3,(H,84,85)(H,86,87)/t70?,71?,72-,73+,74+/m0/s1. The summed E-state index contributed by atoms with van der Waals surface area (Å²) in [5.41, 5.74) is 0. The normalized spacial score (nSPS) is 14.6. The number of carbonyl (C=O) groups is 4. The molecule has 0 amide bonds. The molecule has 0 spiro atoms. The van der Waals surface area contributed by atoms with Crippen LogP contribution in [0.1, 0.15) is 402 Å². The van der Waals surface area contributed by atoms with Gasteiger partial charge in [0.2, 0.25) is 0 Å². The van der Waals surface area contributed by atoms with Gasteiger partial charge < -0.3 is 33.8 Å². The van der Waals surface area contributed by atoms with Gasteiger partial charge in [-0.05, 0) is 43.4 Å². The fourth-order valence-electron chi connectivity index (χ4n) is 11.9. The highest BCUT2D eigenvalue weighted by Gasteiger charge is 2.30. The van der Waals surface area contributed by atoms with E-state index < -0.39 is 97.5 Å². The Morgan fingerprint density at radius 2 is 0.526 bits per heavy atom. The molecule has 0 saturated carbocycles. The lowest BCUT2D eigenvalue weighted by Crippen LogP contribution is -2.30. The molecular weight excluding hydrogens is 1270 g/mol. The first-order valence-electron chi connectivity index (χ1n) is 40.4. The first kappa shape index (κ1) is 95.1. The summed E-state index contributed by atoms with van der Waals surface area (Å²) >= 11 is 0. The monoisotopic (exact) mass is 1420 g/mol. The molecule has 0 aromatic heterocycles. The van der Waals surface area contributed by atoms with Crippen molar-refractivity contribution in [1.82, 2.24) is 0 Å². The van der Waals surface area contributed by atoms with Crippen molar-refractivity contribution in [3.63, 3.8) is 0 Å². The van der Waals surface area contributed by atoms with Crippen molar-refractivity contribution in [2.24, 2.45) is 17.8 Å². The van der Waals surface area contributed by atoms with Gasteiger partial charge in [0.1, 0.15) is 19.3 Å². The molecule has 0 heterocycles. The minimum absolute atomic E-state index is 0.106. The molecule has 17 nitrogen and oxygen atoms in total. The van der Waals surface area contributed by atoms with E-state index in [1.165, 1.54) is 205 Å². The fraction of sp³-hybridized carbons (Fsp3) is 0.949. The number of hydrogen-bond donors (Lipinski definition) is 3. The van der Waals surface area contributed by atoms with Crippen molar-refractivity contribution in [2.45, 2.75) is 420 Å². The van der Waals surface area contributed by atoms with Crippen LogP contribution in [0.25, 0.3) is 0 Å². The molecule has 19 heteroatoms. The van der Waals surface area contributed by atoms with Gasteiger partial charge in [-0.3, -0.25) is 37.3 Å². The smallest absolute Gasteiger partial charge is 0.462 e. The second-order valence-electron chi connectivity index (χ2n) is 29.1. The molecule has 576 valence electrons. The maximum atomic E-state index is 13.1. The molecule has 0 radical (unpaired) electrons. The number of carbonyl (C=O) groups excluding carboxylic acids is 4. The van der Waals surface area contributed by atoms with Crippen molar-refractivity contribution in [1.29, 1.82) is 0 Å². The van der Waals surface area contributed by atoms with Crippen LogP contribution in [0.15, 0.2) is 0 Å². The Labute approximate surface area is 594 Å². The number of unbranched alkanes of at least 4 members (excludes halogenated alkanes) is 42. The Hall–Kier alpha value is -1.94. The van der Waals surface area contributed by atoms with Crippen LogP contribution in [-0.4, -0.2) is 96.7 Å². The summed E-state index contributed by atoms with van der Waals surface area (Å²) in [7, 11) is -9.91. The Morgan fingerprint density at radius 3 is 0.784 bits per heavy atom. The highest BCUT2D eigenvalue weighted by atomic mass is 31.2. The predicted molar refractivity (Wildman–Crippen MR) is 395 cm³/mol. The predicted octanol–water partition coefficient (Wildman–Crippen LogP) is 23.0. The van der Waals surface area contributed by atoms with Gasteiger partial charge in [0.15, 0.2) is 12.2 Å². The molecule has 0 aliphatic carbocycles. The number of aliphatic hydroxyl groups excluding tert-OH is 1. The number of ether oxygens (including phenoxy) is 4. The molecule has 0 saturated heterocycles. The number of phosphoric ester groups is 2. The third-order valence-electron chi connectivity index (χ3n) is 18.9. The third-order valence-corrected chi connectivity index (χ3v) is 20.8. The van der Waals surface area contributed by atoms with E-state index in [0.717, 1.165) is 114 Å². The van der Waals surface area contributed by atoms with Crippen molar-refractivity contribution in [3.05, 3.63) is 0 Å². The van der Waals surface area contributed by atoms with Gasteiger partial charge in [0.25, 0.3) is 0 Å². The Morgan fingerprint density at radius 1 is 0.299 bits per heavy atom. The summed E-state index contributed by atoms with van der Waals surface area (Å²) in [6, 6.07) is 0. The number of aliphatic hydroxyl groups is 1. The summed E-state index contributed by atoms with van der Waals surface area (Å²) in [5, 5.41) is 10.6. The first-order chi connectivity index (χ1) is 46.8. The number of esters is 4. The van der Waals surface area contributed by atoms with Gasteiger partial charge in [0.05, 0.1) is 26.4 Å². The number of rotatable bonds is 76. The van der Waals surface area contributed by atoms with Crippen LogP contribution in [-0.2, 0) is 65.4 Å². The zero-order valence-corrected chi connectivity index (χ0v) is 65.3. The molecule has 0 rings (SSSR count). The average Bonchev–Trinajstić information content (AvgIpc) is 1.41. The largest absolute Gasteiger partial charge is 0.472 e. The summed E-state index contributed by atoms with van der Waals surface area (Å²) in [6.45, 7) is 12.0. The van der Waals surface area contributed by atoms with Crippen LogP contribution in [0.5, 0.6) is 0 Å². The second-order valence-corrected chi connectivity index (χ2v) is 32.0. The van der Waals surface area contributed by atoms with Gasteiger partial charge in [-0.2, -0.15) is 0 Å². The lowest BCUT2D eigenvalue weighted by atomic mass is 9.99. The third kappa shape index (κ3) is 69.5. The SMILES string of the molecule is CCCCCCCCCCC(=O)OC[C@H](COP(=O)(O)OC[C@H](O)COP(=O)(O)OC[C@@H](COC(=O)CCCCCCCCCCCCC(C)CC)OC(=O)CCCCCCCCCCCCCCCCCCCCC(C)CC)OC(=O)CCCCCCCCCCCCC(C)C. The first-order valence-corrected chi connectivity index (χ1v) is 43.4. The molecule has 4 unspecified atom stereocenters. The van der Waals surface area contributed by atoms with Crippen molar-refractivity contribution >= 4 is 39.5 Å². The van der Waals surface area contributed by atoms with E-state index >= 15 is 0 Å². The molecule has 97 heavy (non-hydrogen) atoms. The summed E-state index contributed by atoms with van der Waals surface area (Å²) in [4.78, 5) is 72.8. The molecule has 3 N–H and O–H groups in total. The molecule has 7 atom stereocenters. The summed E-state index contributed by atoms with van der Waals surface area (Å²) < 4.78 is 68.5. The van der Waals surface area contributed by atoms with E-state index in [2.05, 4.69) is 48.5 Å². The number of hydrogen-bond acceptors (Lipinski definition) is 15. The van der Waals surface area contributed by atoms with E-state index in [1.807, 2.05) is 0 Å². The summed E-state index contributed by atoms with van der Waals surface area (Å²) in [5.74, 6) is 0.314. The van der Waals surface area contributed by atoms with Gasteiger partial charge in [-0.1, -0.05) is 350 Å².